The number of ether oxygens (including phenoxy) is 1. The highest BCUT2D eigenvalue weighted by atomic mass is 127. The van der Waals surface area contributed by atoms with Crippen LogP contribution in [0.1, 0.15) is 27.8 Å². The molecule has 33 heavy (non-hydrogen) atoms. The molecule has 0 bridgehead atoms. The minimum absolute atomic E-state index is 0.239. The molecule has 0 aliphatic carbocycles. The second-order valence-electron chi connectivity index (χ2n) is 7.78. The maximum Gasteiger partial charge on any atom is 0.293 e. The zero-order chi connectivity index (χ0) is 23.5. The molecule has 168 valence electrons. The number of halogens is 2. The lowest BCUT2D eigenvalue weighted by Crippen LogP contribution is -2.27. The Morgan fingerprint density at radius 2 is 1.64 bits per heavy atom. The maximum absolute atomic E-state index is 12.9. The normalized spacial score (nSPS) is 14.9. The second kappa shape index (κ2) is 10.6. The molecule has 0 spiro atoms. The van der Waals surface area contributed by atoms with Crippen molar-refractivity contribution in [3.63, 3.8) is 0 Å². The standard InChI is InChI=1S/C26H21I2NO3S/c1-16-7-9-18(10-8-16)15-32-24-21(27)11-19(12-22(24)28)13-23-25(30)29(26(31)33-23)14-20-6-4-3-5-17(20)2/h3-13H,14-15H2,1-2H3/b23-13-. The van der Waals surface area contributed by atoms with Gasteiger partial charge < -0.3 is 4.74 Å². The zero-order valence-electron chi connectivity index (χ0n) is 18.1. The average Bonchev–Trinajstić information content (AvgIpc) is 3.03. The fourth-order valence-electron chi connectivity index (χ4n) is 3.39. The first-order valence-corrected chi connectivity index (χ1v) is 13.3. The number of nitrogens with zero attached hydrogens (tertiary/aromatic N) is 1. The minimum atomic E-state index is -0.252. The Bertz CT molecular complexity index is 1230. The van der Waals surface area contributed by atoms with Crippen LogP contribution in [0.5, 0.6) is 5.75 Å². The number of amides is 2. The van der Waals surface area contributed by atoms with Gasteiger partial charge in [-0.15, -0.1) is 0 Å². The molecule has 0 radical (unpaired) electrons. The predicted octanol–water partition coefficient (Wildman–Crippen LogP) is 7.33. The van der Waals surface area contributed by atoms with Gasteiger partial charge in [0, 0.05) is 0 Å². The highest BCUT2D eigenvalue weighted by Crippen LogP contribution is 2.36. The Balaban J connectivity index is 1.50. The van der Waals surface area contributed by atoms with E-state index in [0.29, 0.717) is 11.5 Å². The van der Waals surface area contributed by atoms with E-state index in [2.05, 4.69) is 76.4 Å². The smallest absolute Gasteiger partial charge is 0.293 e. The van der Waals surface area contributed by atoms with Gasteiger partial charge in [-0.25, -0.2) is 0 Å². The maximum atomic E-state index is 12.9. The Morgan fingerprint density at radius 1 is 0.970 bits per heavy atom. The molecule has 3 aromatic rings. The van der Waals surface area contributed by atoms with Crippen LogP contribution in [0.3, 0.4) is 0 Å². The summed E-state index contributed by atoms with van der Waals surface area (Å²) in [6.45, 7) is 4.82. The van der Waals surface area contributed by atoms with E-state index in [9.17, 15) is 9.59 Å². The van der Waals surface area contributed by atoms with Gasteiger partial charge in [-0.3, -0.25) is 14.5 Å². The van der Waals surface area contributed by atoms with Crippen LogP contribution in [-0.4, -0.2) is 16.0 Å². The average molecular weight is 681 g/mol. The topological polar surface area (TPSA) is 46.6 Å². The van der Waals surface area contributed by atoms with Crippen LogP contribution in [0, 0.1) is 21.0 Å². The summed E-state index contributed by atoms with van der Waals surface area (Å²) in [6, 6.07) is 20.0. The number of hydrogen-bond donors (Lipinski definition) is 0. The van der Waals surface area contributed by atoms with Crippen molar-refractivity contribution in [2.45, 2.75) is 27.0 Å². The lowest BCUT2D eigenvalue weighted by Gasteiger charge is -2.14. The Labute approximate surface area is 225 Å². The van der Waals surface area contributed by atoms with Gasteiger partial charge in [0.05, 0.1) is 18.6 Å². The van der Waals surface area contributed by atoms with Gasteiger partial charge in [-0.1, -0.05) is 54.1 Å². The molecule has 0 atom stereocenters. The molecule has 7 heteroatoms. The summed E-state index contributed by atoms with van der Waals surface area (Å²) in [5, 5.41) is -0.239. The zero-order valence-corrected chi connectivity index (χ0v) is 23.2. The van der Waals surface area contributed by atoms with E-state index in [4.69, 9.17) is 4.74 Å². The molecule has 1 heterocycles. The van der Waals surface area contributed by atoms with Gasteiger partial charge >= 0.3 is 0 Å². The first-order chi connectivity index (χ1) is 15.8. The first kappa shape index (κ1) is 24.3. The van der Waals surface area contributed by atoms with Crippen LogP contribution >= 0.6 is 56.9 Å². The van der Waals surface area contributed by atoms with Crippen molar-refractivity contribution < 1.29 is 14.3 Å². The largest absolute Gasteiger partial charge is 0.487 e. The number of aryl methyl sites for hydroxylation is 2. The van der Waals surface area contributed by atoms with Crippen LogP contribution in [0.4, 0.5) is 4.79 Å². The number of carbonyl (C=O) groups is 2. The molecule has 0 aromatic heterocycles. The van der Waals surface area contributed by atoms with Gasteiger partial charge in [0.15, 0.2) is 0 Å². The van der Waals surface area contributed by atoms with Gasteiger partial charge in [0.2, 0.25) is 0 Å². The van der Waals surface area contributed by atoms with E-state index in [1.165, 1.54) is 10.5 Å². The highest BCUT2D eigenvalue weighted by molar-refractivity contribution is 14.1. The fourth-order valence-corrected chi connectivity index (χ4v) is 6.35. The molecule has 1 aliphatic rings. The van der Waals surface area contributed by atoms with Crippen LogP contribution in [0.2, 0.25) is 0 Å². The lowest BCUT2D eigenvalue weighted by atomic mass is 10.1. The van der Waals surface area contributed by atoms with Gasteiger partial charge in [-0.05, 0) is 111 Å². The molecule has 4 rings (SSSR count). The number of rotatable bonds is 6. The summed E-state index contributed by atoms with van der Waals surface area (Å²) in [7, 11) is 0. The van der Waals surface area contributed by atoms with Gasteiger partial charge in [-0.2, -0.15) is 0 Å². The minimum Gasteiger partial charge on any atom is -0.487 e. The molecule has 0 saturated carbocycles. The van der Waals surface area contributed by atoms with E-state index in [0.717, 1.165) is 46.9 Å². The van der Waals surface area contributed by atoms with Crippen molar-refractivity contribution in [2.75, 3.05) is 0 Å². The Hall–Kier alpha value is -1.85. The summed E-state index contributed by atoms with van der Waals surface area (Å²) in [5.74, 6) is 0.569. The van der Waals surface area contributed by atoms with Gasteiger partial charge in [0.25, 0.3) is 11.1 Å². The molecule has 4 nitrogen and oxygen atoms in total. The number of carbonyl (C=O) groups excluding carboxylic acids is 2. The summed E-state index contributed by atoms with van der Waals surface area (Å²) in [4.78, 5) is 27.2. The van der Waals surface area contributed by atoms with Crippen molar-refractivity contribution in [3.05, 3.63) is 101 Å². The summed E-state index contributed by atoms with van der Waals surface area (Å²) in [5.41, 5.74) is 5.23. The fraction of sp³-hybridized carbons (Fsp3) is 0.154. The molecule has 3 aromatic carbocycles. The van der Waals surface area contributed by atoms with Crippen LogP contribution in [0.15, 0.2) is 65.6 Å². The monoisotopic (exact) mass is 681 g/mol. The quantitative estimate of drug-likeness (QED) is 0.202. The third kappa shape index (κ3) is 5.81. The van der Waals surface area contributed by atoms with E-state index >= 15 is 0 Å². The van der Waals surface area contributed by atoms with Crippen LogP contribution < -0.4 is 4.74 Å². The van der Waals surface area contributed by atoms with Crippen LogP contribution in [-0.2, 0) is 17.9 Å². The highest BCUT2D eigenvalue weighted by Gasteiger charge is 2.35. The molecule has 1 aliphatic heterocycles. The second-order valence-corrected chi connectivity index (χ2v) is 11.1. The van der Waals surface area contributed by atoms with Crippen molar-refractivity contribution in [2.24, 2.45) is 0 Å². The number of benzene rings is 3. The molecule has 0 unspecified atom stereocenters. The van der Waals surface area contributed by atoms with Crippen molar-refractivity contribution in [1.82, 2.24) is 4.90 Å². The Morgan fingerprint density at radius 3 is 2.30 bits per heavy atom. The summed E-state index contributed by atoms with van der Waals surface area (Å²) in [6.07, 6.45) is 1.79. The van der Waals surface area contributed by atoms with E-state index in [1.807, 2.05) is 43.3 Å². The molecule has 2 amide bonds. The van der Waals surface area contributed by atoms with Crippen molar-refractivity contribution in [1.29, 1.82) is 0 Å². The molecule has 0 N–H and O–H groups in total. The number of hydrogen-bond acceptors (Lipinski definition) is 4. The van der Waals surface area contributed by atoms with E-state index < -0.39 is 0 Å². The predicted molar refractivity (Wildman–Crippen MR) is 150 cm³/mol. The summed E-state index contributed by atoms with van der Waals surface area (Å²) >= 11 is 5.49. The Kier molecular flexibility index (Phi) is 7.80. The van der Waals surface area contributed by atoms with Gasteiger partial charge in [0.1, 0.15) is 12.4 Å². The molecule has 1 fully saturated rings. The van der Waals surface area contributed by atoms with Crippen molar-refractivity contribution >= 4 is 74.2 Å². The molecular weight excluding hydrogens is 660 g/mol. The third-order valence-electron chi connectivity index (χ3n) is 5.29. The van der Waals surface area contributed by atoms with E-state index in [-0.39, 0.29) is 17.7 Å². The number of thioether (sulfide) groups is 1. The van der Waals surface area contributed by atoms with E-state index in [1.54, 1.807) is 6.08 Å². The summed E-state index contributed by atoms with van der Waals surface area (Å²) < 4.78 is 7.99. The van der Waals surface area contributed by atoms with Crippen molar-refractivity contribution in [3.8, 4) is 5.75 Å². The molecular formula is C26H21I2NO3S. The molecule has 1 saturated heterocycles. The first-order valence-electron chi connectivity index (χ1n) is 10.3. The SMILES string of the molecule is Cc1ccc(COc2c(I)cc(/C=C3\SC(=O)N(Cc4ccccc4C)C3=O)cc2I)cc1. The van der Waals surface area contributed by atoms with Crippen LogP contribution in [0.25, 0.3) is 6.08 Å². The lowest BCUT2D eigenvalue weighted by molar-refractivity contribution is -0.123. The third-order valence-corrected chi connectivity index (χ3v) is 7.80. The number of imide groups is 1.